The molecule has 0 saturated heterocycles. The average molecular weight is 286 g/mol. The number of carbonyl (C=O) groups is 1. The van der Waals surface area contributed by atoms with Crippen LogP contribution in [0.5, 0.6) is 0 Å². The van der Waals surface area contributed by atoms with Crippen molar-refractivity contribution < 1.29 is 23.9 Å². The van der Waals surface area contributed by atoms with Crippen LogP contribution < -0.4 is 0 Å². The maximum absolute atomic E-state index is 12.0. The smallest absolute Gasteiger partial charge is 0.342 e. The molecule has 0 aliphatic carbocycles. The van der Waals surface area contributed by atoms with Crippen molar-refractivity contribution in [1.82, 2.24) is 0 Å². The summed E-state index contributed by atoms with van der Waals surface area (Å²) in [6.07, 6.45) is 0.0861. The van der Waals surface area contributed by atoms with E-state index in [1.54, 1.807) is 38.1 Å². The Morgan fingerprint density at radius 3 is 2.16 bits per heavy atom. The van der Waals surface area contributed by atoms with E-state index < -0.39 is 18.7 Å². The minimum absolute atomic E-state index is 0.0153. The lowest BCUT2D eigenvalue weighted by atomic mass is 10.0. The Hall–Kier alpha value is -1.16. The van der Waals surface area contributed by atoms with Gasteiger partial charge >= 0.3 is 13.6 Å². The summed E-state index contributed by atoms with van der Waals surface area (Å²) in [5, 5.41) is -1.73. The highest BCUT2D eigenvalue weighted by Gasteiger charge is 2.51. The summed E-state index contributed by atoms with van der Waals surface area (Å²) in [7, 11) is -4.56. The van der Waals surface area contributed by atoms with Gasteiger partial charge in [0.25, 0.3) is 0 Å². The van der Waals surface area contributed by atoms with Crippen LogP contribution in [0.25, 0.3) is 0 Å². The Balaban J connectivity index is 2.83. The number of hydrogen-bond acceptors (Lipinski definition) is 3. The third kappa shape index (κ3) is 3.44. The molecule has 2 N–H and O–H groups in total. The van der Waals surface area contributed by atoms with Crippen LogP contribution in [0.1, 0.15) is 32.3 Å². The molecule has 0 aliphatic rings. The summed E-state index contributed by atoms with van der Waals surface area (Å²) in [5.74, 6) is -0.838. The van der Waals surface area contributed by atoms with Crippen LogP contribution in [0.2, 0.25) is 0 Å². The average Bonchev–Trinajstić information content (AvgIpc) is 2.38. The molecule has 19 heavy (non-hydrogen) atoms. The van der Waals surface area contributed by atoms with Crippen molar-refractivity contribution in [2.24, 2.45) is 0 Å². The molecule has 0 amide bonds. The predicted molar refractivity (Wildman–Crippen MR) is 71.6 cm³/mol. The van der Waals surface area contributed by atoms with Gasteiger partial charge in [0.05, 0.1) is 0 Å². The number of carbonyl (C=O) groups excluding carboxylic acids is 1. The van der Waals surface area contributed by atoms with Crippen LogP contribution >= 0.6 is 7.60 Å². The van der Waals surface area contributed by atoms with Gasteiger partial charge in [0.2, 0.25) is 0 Å². The van der Waals surface area contributed by atoms with Crippen LogP contribution in [0.4, 0.5) is 0 Å². The Morgan fingerprint density at radius 1 is 1.21 bits per heavy atom. The number of esters is 1. The largest absolute Gasteiger partial charge is 0.460 e. The Morgan fingerprint density at radius 2 is 1.74 bits per heavy atom. The fraction of sp³-hybridized carbons (Fsp3) is 0.462. The van der Waals surface area contributed by atoms with Gasteiger partial charge < -0.3 is 14.5 Å². The van der Waals surface area contributed by atoms with E-state index in [-0.39, 0.29) is 19.4 Å². The van der Waals surface area contributed by atoms with Gasteiger partial charge in [-0.1, -0.05) is 44.2 Å². The van der Waals surface area contributed by atoms with E-state index in [4.69, 9.17) is 4.74 Å². The maximum Gasteiger partial charge on any atom is 0.342 e. The lowest BCUT2D eigenvalue weighted by Crippen LogP contribution is -2.38. The zero-order valence-electron chi connectivity index (χ0n) is 11.1. The molecule has 1 rings (SSSR count). The summed E-state index contributed by atoms with van der Waals surface area (Å²) in [6, 6.07) is 9.01. The molecule has 0 aliphatic heterocycles. The number of hydrogen-bond donors (Lipinski definition) is 2. The molecule has 0 fully saturated rings. The first-order chi connectivity index (χ1) is 8.87. The van der Waals surface area contributed by atoms with Crippen molar-refractivity contribution in [3.8, 4) is 0 Å². The maximum atomic E-state index is 12.0. The van der Waals surface area contributed by atoms with Crippen LogP contribution in [0.3, 0.4) is 0 Å². The molecule has 0 atom stereocenters. The van der Waals surface area contributed by atoms with Crippen LogP contribution in [0.15, 0.2) is 30.3 Å². The van der Waals surface area contributed by atoms with Crippen molar-refractivity contribution in [1.29, 1.82) is 0 Å². The van der Waals surface area contributed by atoms with Crippen molar-refractivity contribution >= 4 is 13.6 Å². The monoisotopic (exact) mass is 286 g/mol. The van der Waals surface area contributed by atoms with Gasteiger partial charge in [-0.05, 0) is 18.4 Å². The second-order valence-corrected chi connectivity index (χ2v) is 6.29. The highest BCUT2D eigenvalue weighted by Crippen LogP contribution is 2.55. The van der Waals surface area contributed by atoms with Crippen LogP contribution in [0, 0.1) is 0 Å². The highest BCUT2D eigenvalue weighted by molar-refractivity contribution is 7.54. The number of ether oxygens (including phenoxy) is 1. The van der Waals surface area contributed by atoms with Gasteiger partial charge in [-0.15, -0.1) is 0 Å². The van der Waals surface area contributed by atoms with E-state index in [1.807, 2.05) is 6.07 Å². The van der Waals surface area contributed by atoms with Crippen molar-refractivity contribution in [3.63, 3.8) is 0 Å². The molecular formula is C13H19O5P. The Kier molecular flexibility index (Phi) is 5.29. The Labute approximate surface area is 112 Å². The van der Waals surface area contributed by atoms with Crippen molar-refractivity contribution in [3.05, 3.63) is 35.9 Å². The predicted octanol–water partition coefficient (Wildman–Crippen LogP) is 2.47. The minimum atomic E-state index is -4.56. The summed E-state index contributed by atoms with van der Waals surface area (Å²) >= 11 is 0. The zero-order valence-corrected chi connectivity index (χ0v) is 12.0. The van der Waals surface area contributed by atoms with Crippen LogP contribution in [-0.2, 0) is 20.7 Å². The highest BCUT2D eigenvalue weighted by atomic mass is 31.2. The summed E-state index contributed by atoms with van der Waals surface area (Å²) in [5.41, 5.74) is 0.780. The standard InChI is InChI=1S/C13H19O5P/c1-3-13(4-2,19(15,16)17)12(14)18-10-11-8-6-5-7-9-11/h5-9H,3-4,10H2,1-2H3,(H2,15,16,17). The summed E-state index contributed by atoms with van der Waals surface area (Å²) in [6.45, 7) is 3.17. The molecule has 1 aromatic rings. The van der Waals surface area contributed by atoms with E-state index in [1.165, 1.54) is 0 Å². The minimum Gasteiger partial charge on any atom is -0.460 e. The first-order valence-electron chi connectivity index (χ1n) is 6.14. The quantitative estimate of drug-likeness (QED) is 0.620. The lowest BCUT2D eigenvalue weighted by Gasteiger charge is -2.29. The van der Waals surface area contributed by atoms with E-state index in [2.05, 4.69) is 0 Å². The third-order valence-electron chi connectivity index (χ3n) is 3.32. The Bertz CT molecular complexity index is 461. The molecule has 6 heteroatoms. The summed E-state index contributed by atoms with van der Waals surface area (Å²) < 4.78 is 16.6. The molecule has 1 aromatic carbocycles. The third-order valence-corrected chi connectivity index (χ3v) is 5.25. The van der Waals surface area contributed by atoms with Crippen molar-refractivity contribution in [2.45, 2.75) is 38.5 Å². The molecule has 106 valence electrons. The second-order valence-electron chi connectivity index (χ2n) is 4.34. The molecular weight excluding hydrogens is 267 g/mol. The van der Waals surface area contributed by atoms with E-state index in [0.717, 1.165) is 5.56 Å². The van der Waals surface area contributed by atoms with Gasteiger partial charge in [-0.25, -0.2) is 0 Å². The molecule has 0 radical (unpaired) electrons. The second kappa shape index (κ2) is 6.33. The molecule has 0 aromatic heterocycles. The van der Waals surface area contributed by atoms with Gasteiger partial charge in [0.15, 0.2) is 5.16 Å². The fourth-order valence-corrected chi connectivity index (χ4v) is 3.05. The van der Waals surface area contributed by atoms with Crippen molar-refractivity contribution in [2.75, 3.05) is 0 Å². The summed E-state index contributed by atoms with van der Waals surface area (Å²) in [4.78, 5) is 30.8. The van der Waals surface area contributed by atoms with Crippen LogP contribution in [-0.4, -0.2) is 20.9 Å². The first kappa shape index (κ1) is 15.9. The fourth-order valence-electron chi connectivity index (χ4n) is 1.93. The number of benzene rings is 1. The van der Waals surface area contributed by atoms with E-state index in [0.29, 0.717) is 0 Å². The van der Waals surface area contributed by atoms with Gasteiger partial charge in [0, 0.05) is 0 Å². The topological polar surface area (TPSA) is 83.8 Å². The molecule has 0 unspecified atom stereocenters. The molecule has 0 heterocycles. The number of rotatable bonds is 6. The first-order valence-corrected chi connectivity index (χ1v) is 7.75. The van der Waals surface area contributed by atoms with E-state index in [9.17, 15) is 19.1 Å². The lowest BCUT2D eigenvalue weighted by molar-refractivity contribution is -0.149. The van der Waals surface area contributed by atoms with Gasteiger partial charge in [0.1, 0.15) is 6.61 Å². The molecule has 0 saturated carbocycles. The molecule has 0 bridgehead atoms. The van der Waals surface area contributed by atoms with Gasteiger partial charge in [-0.3, -0.25) is 9.36 Å². The SMILES string of the molecule is CCC(CC)(C(=O)OCc1ccccc1)P(=O)(O)O. The van der Waals surface area contributed by atoms with E-state index >= 15 is 0 Å². The molecule has 0 spiro atoms. The van der Waals surface area contributed by atoms with Gasteiger partial charge in [-0.2, -0.15) is 0 Å². The molecule has 5 nitrogen and oxygen atoms in total. The normalized spacial score (nSPS) is 12.2. The zero-order chi connectivity index (χ0) is 14.5.